The Morgan fingerprint density at radius 3 is 2.22 bits per heavy atom. The molecule has 2 aromatic carbocycles. The summed E-state index contributed by atoms with van der Waals surface area (Å²) in [6.07, 6.45) is -6.04. The minimum Gasteiger partial charge on any atom is -0.352 e. The van der Waals surface area contributed by atoms with Crippen molar-refractivity contribution in [3.63, 3.8) is 0 Å². The Morgan fingerprint density at radius 2 is 1.62 bits per heavy atom. The molecule has 192 valence electrons. The maximum atomic E-state index is 13.1. The fourth-order valence-corrected chi connectivity index (χ4v) is 3.75. The third kappa shape index (κ3) is 5.96. The van der Waals surface area contributed by atoms with Crippen molar-refractivity contribution in [2.75, 3.05) is 6.54 Å². The molecular formula is C25H19F6N5O. The van der Waals surface area contributed by atoms with Crippen LogP contribution in [0.1, 0.15) is 32.6 Å². The third-order valence-corrected chi connectivity index (χ3v) is 5.57. The number of halogens is 6. The molecule has 0 aliphatic carbocycles. The molecule has 2 aromatic heterocycles. The van der Waals surface area contributed by atoms with E-state index in [1.165, 1.54) is 23.5 Å². The zero-order valence-corrected chi connectivity index (χ0v) is 19.2. The van der Waals surface area contributed by atoms with Crippen LogP contribution in [0.25, 0.3) is 16.9 Å². The number of rotatable bonds is 6. The second-order valence-electron chi connectivity index (χ2n) is 8.16. The lowest BCUT2D eigenvalue weighted by Gasteiger charge is -2.15. The van der Waals surface area contributed by atoms with E-state index in [4.69, 9.17) is 0 Å². The summed E-state index contributed by atoms with van der Waals surface area (Å²) >= 11 is 0. The lowest BCUT2D eigenvalue weighted by Crippen LogP contribution is -2.27. The van der Waals surface area contributed by atoms with Crippen molar-refractivity contribution in [1.82, 2.24) is 25.1 Å². The number of aryl methyl sites for hydroxylation is 1. The van der Waals surface area contributed by atoms with Crippen LogP contribution in [-0.4, -0.2) is 32.2 Å². The van der Waals surface area contributed by atoms with Crippen molar-refractivity contribution in [2.24, 2.45) is 0 Å². The van der Waals surface area contributed by atoms with Crippen molar-refractivity contribution >= 4 is 5.91 Å². The molecule has 0 aliphatic rings. The number of nitrogens with one attached hydrogen (secondary N) is 1. The van der Waals surface area contributed by atoms with E-state index >= 15 is 0 Å². The van der Waals surface area contributed by atoms with Gasteiger partial charge in [-0.05, 0) is 59.9 Å². The van der Waals surface area contributed by atoms with Gasteiger partial charge in [-0.15, -0.1) is 0 Å². The summed E-state index contributed by atoms with van der Waals surface area (Å²) in [7, 11) is 0. The van der Waals surface area contributed by atoms with Crippen LogP contribution >= 0.6 is 0 Å². The third-order valence-electron chi connectivity index (χ3n) is 5.57. The van der Waals surface area contributed by atoms with Gasteiger partial charge in [-0.2, -0.15) is 31.4 Å². The summed E-state index contributed by atoms with van der Waals surface area (Å²) in [5.74, 6) is -0.185. The number of carbonyl (C=O) groups is 1. The molecule has 0 saturated heterocycles. The average Bonchev–Trinajstić information content (AvgIpc) is 3.38. The van der Waals surface area contributed by atoms with Crippen molar-refractivity contribution in [2.45, 2.75) is 25.7 Å². The van der Waals surface area contributed by atoms with Gasteiger partial charge in [0.1, 0.15) is 12.7 Å². The van der Waals surface area contributed by atoms with Crippen LogP contribution in [-0.2, 0) is 18.8 Å². The zero-order chi connectivity index (χ0) is 26.8. The molecule has 4 aromatic rings. The first-order chi connectivity index (χ1) is 17.4. The summed E-state index contributed by atoms with van der Waals surface area (Å²) in [5.41, 5.74) is -0.703. The second-order valence-corrected chi connectivity index (χ2v) is 8.16. The topological polar surface area (TPSA) is 72.7 Å². The number of carbonyl (C=O) groups excluding carboxylic acids is 1. The number of nitrogens with zero attached hydrogens (tertiary/aromatic N) is 4. The first kappa shape index (κ1) is 25.9. The predicted octanol–water partition coefficient (Wildman–Crippen LogP) is 5.65. The molecule has 4 rings (SSSR count). The van der Waals surface area contributed by atoms with E-state index in [1.807, 2.05) is 25.1 Å². The molecule has 0 bridgehead atoms. The molecular weight excluding hydrogens is 500 g/mol. The van der Waals surface area contributed by atoms with Gasteiger partial charge in [0.25, 0.3) is 5.91 Å². The molecule has 0 atom stereocenters. The lowest BCUT2D eigenvalue weighted by atomic mass is 9.97. The van der Waals surface area contributed by atoms with Gasteiger partial charge >= 0.3 is 12.4 Å². The molecule has 0 saturated carbocycles. The zero-order valence-electron chi connectivity index (χ0n) is 19.2. The quantitative estimate of drug-likeness (QED) is 0.335. The highest BCUT2D eigenvalue weighted by atomic mass is 19.4. The van der Waals surface area contributed by atoms with Gasteiger partial charge in [0.15, 0.2) is 5.82 Å². The monoisotopic (exact) mass is 519 g/mol. The standard InChI is InChI=1S/C25H19F6N5O/c1-15-4-2-3-5-19(15)20-11-22(36-14-32-13-35-36)34-12-21(20)23(37)33-7-6-16-8-17(24(26,27)28)10-18(9-16)25(29,30)31/h2-5,8-14H,6-7H2,1H3,(H,33,37). The van der Waals surface area contributed by atoms with Gasteiger partial charge in [0.2, 0.25) is 0 Å². The predicted molar refractivity (Wildman–Crippen MR) is 122 cm³/mol. The van der Waals surface area contributed by atoms with E-state index in [0.29, 0.717) is 23.5 Å². The number of hydrogen-bond donors (Lipinski definition) is 1. The largest absolute Gasteiger partial charge is 0.416 e. The molecule has 12 heteroatoms. The maximum Gasteiger partial charge on any atom is 0.416 e. The Labute approximate surface area is 207 Å². The summed E-state index contributed by atoms with van der Waals surface area (Å²) in [6.45, 7) is 1.66. The number of aromatic nitrogens is 4. The number of amides is 1. The van der Waals surface area contributed by atoms with Crippen LogP contribution in [0.15, 0.2) is 67.4 Å². The number of alkyl halides is 6. The van der Waals surface area contributed by atoms with Gasteiger partial charge in [0.05, 0.1) is 16.7 Å². The Hall–Kier alpha value is -4.22. The fourth-order valence-electron chi connectivity index (χ4n) is 3.75. The number of pyridine rings is 1. The van der Waals surface area contributed by atoms with Crippen molar-refractivity contribution in [3.05, 3.63) is 95.2 Å². The fraction of sp³-hybridized carbons (Fsp3) is 0.200. The molecule has 0 spiro atoms. The van der Waals surface area contributed by atoms with Crippen molar-refractivity contribution in [1.29, 1.82) is 0 Å². The first-order valence-corrected chi connectivity index (χ1v) is 10.9. The van der Waals surface area contributed by atoms with Crippen molar-refractivity contribution < 1.29 is 31.1 Å². The van der Waals surface area contributed by atoms with Crippen LogP contribution in [0.3, 0.4) is 0 Å². The summed E-state index contributed by atoms with van der Waals surface area (Å²) in [5, 5.41) is 6.60. The average molecular weight is 519 g/mol. The minimum atomic E-state index is -4.95. The maximum absolute atomic E-state index is 13.1. The molecule has 2 heterocycles. The smallest absolute Gasteiger partial charge is 0.352 e. The van der Waals surface area contributed by atoms with Crippen LogP contribution < -0.4 is 5.32 Å². The van der Waals surface area contributed by atoms with Gasteiger partial charge in [0, 0.05) is 12.7 Å². The van der Waals surface area contributed by atoms with E-state index in [-0.39, 0.29) is 30.2 Å². The SMILES string of the molecule is Cc1ccccc1-c1cc(-n2cncn2)ncc1C(=O)NCCc1cc(C(F)(F)F)cc(C(F)(F)F)c1. The van der Waals surface area contributed by atoms with E-state index in [9.17, 15) is 31.1 Å². The van der Waals surface area contributed by atoms with Crippen LogP contribution in [0.4, 0.5) is 26.3 Å². The Kier molecular flexibility index (Phi) is 7.01. The van der Waals surface area contributed by atoms with Crippen LogP contribution in [0.5, 0.6) is 0 Å². The number of hydrogen-bond acceptors (Lipinski definition) is 4. The highest BCUT2D eigenvalue weighted by Gasteiger charge is 2.36. The Balaban J connectivity index is 1.59. The van der Waals surface area contributed by atoms with Crippen LogP contribution in [0.2, 0.25) is 0 Å². The molecule has 1 N–H and O–H groups in total. The minimum absolute atomic E-state index is 0.0684. The van der Waals surface area contributed by atoms with Gasteiger partial charge in [-0.1, -0.05) is 24.3 Å². The molecule has 0 unspecified atom stereocenters. The van der Waals surface area contributed by atoms with Crippen molar-refractivity contribution in [3.8, 4) is 16.9 Å². The van der Waals surface area contributed by atoms with Crippen LogP contribution in [0, 0.1) is 6.92 Å². The molecule has 37 heavy (non-hydrogen) atoms. The summed E-state index contributed by atoms with van der Waals surface area (Å²) in [4.78, 5) is 21.2. The lowest BCUT2D eigenvalue weighted by molar-refractivity contribution is -0.143. The van der Waals surface area contributed by atoms with Gasteiger partial charge < -0.3 is 5.32 Å². The molecule has 0 aliphatic heterocycles. The van der Waals surface area contributed by atoms with Gasteiger partial charge in [-0.3, -0.25) is 4.79 Å². The first-order valence-electron chi connectivity index (χ1n) is 10.9. The molecule has 6 nitrogen and oxygen atoms in total. The summed E-state index contributed by atoms with van der Waals surface area (Å²) < 4.78 is 80.2. The van der Waals surface area contributed by atoms with E-state index < -0.39 is 29.4 Å². The Morgan fingerprint density at radius 1 is 0.946 bits per heavy atom. The highest BCUT2D eigenvalue weighted by molar-refractivity contribution is 6.01. The molecule has 0 radical (unpaired) electrons. The molecule has 1 amide bonds. The van der Waals surface area contributed by atoms with E-state index in [0.717, 1.165) is 11.1 Å². The number of benzene rings is 2. The summed E-state index contributed by atoms with van der Waals surface area (Å²) in [6, 6.07) is 10.3. The normalized spacial score (nSPS) is 12.0. The van der Waals surface area contributed by atoms with Gasteiger partial charge in [-0.25, -0.2) is 14.6 Å². The molecule has 0 fully saturated rings. The highest BCUT2D eigenvalue weighted by Crippen LogP contribution is 2.36. The Bertz CT molecular complexity index is 1380. The van der Waals surface area contributed by atoms with E-state index in [2.05, 4.69) is 20.4 Å². The van der Waals surface area contributed by atoms with E-state index in [1.54, 1.807) is 12.1 Å². The second kappa shape index (κ2) is 10.0.